The molecule has 0 unspecified atom stereocenters. The van der Waals surface area contributed by atoms with E-state index in [0.717, 1.165) is 11.1 Å². The van der Waals surface area contributed by atoms with Crippen molar-refractivity contribution in [3.63, 3.8) is 0 Å². The van der Waals surface area contributed by atoms with Crippen LogP contribution < -0.4 is 11.4 Å². The smallest absolute Gasteiger partial charge is 0.294 e. The standard InChI is InChI=1S/C7H12N4OS/c1-3-4-5-6(12)11(8)7(13-2)10-9-5/h3-4,8H2,1-2H3. The van der Waals surface area contributed by atoms with Crippen molar-refractivity contribution in [2.75, 3.05) is 12.1 Å². The van der Waals surface area contributed by atoms with Gasteiger partial charge in [0.15, 0.2) is 0 Å². The van der Waals surface area contributed by atoms with E-state index in [-0.39, 0.29) is 5.56 Å². The number of hydrogen-bond acceptors (Lipinski definition) is 5. The molecule has 0 saturated carbocycles. The minimum absolute atomic E-state index is 0.249. The summed E-state index contributed by atoms with van der Waals surface area (Å²) in [5.74, 6) is 5.51. The van der Waals surface area contributed by atoms with Crippen LogP contribution in [0.15, 0.2) is 9.95 Å². The monoisotopic (exact) mass is 200 g/mol. The van der Waals surface area contributed by atoms with Gasteiger partial charge in [-0.25, -0.2) is 0 Å². The number of nitrogens with two attached hydrogens (primary N) is 1. The first-order chi connectivity index (χ1) is 6.20. The maximum atomic E-state index is 11.5. The molecule has 1 aromatic heterocycles. The largest absolute Gasteiger partial charge is 0.334 e. The third-order valence-electron chi connectivity index (χ3n) is 1.60. The highest BCUT2D eigenvalue weighted by Crippen LogP contribution is 2.04. The van der Waals surface area contributed by atoms with Crippen LogP contribution in [0, 0.1) is 0 Å². The van der Waals surface area contributed by atoms with Crippen molar-refractivity contribution in [3.8, 4) is 0 Å². The molecule has 72 valence electrons. The second-order valence-corrected chi connectivity index (χ2v) is 3.33. The number of aryl methyl sites for hydroxylation is 1. The zero-order valence-electron chi connectivity index (χ0n) is 7.65. The minimum Gasteiger partial charge on any atom is -0.334 e. The van der Waals surface area contributed by atoms with Gasteiger partial charge in [-0.05, 0) is 12.7 Å². The number of nitrogens with zero attached hydrogens (tertiary/aromatic N) is 3. The van der Waals surface area contributed by atoms with Gasteiger partial charge in [-0.3, -0.25) is 4.79 Å². The zero-order chi connectivity index (χ0) is 9.84. The Balaban J connectivity index is 3.16. The summed E-state index contributed by atoms with van der Waals surface area (Å²) in [6, 6.07) is 0. The van der Waals surface area contributed by atoms with Crippen LogP contribution in [-0.2, 0) is 6.42 Å². The molecular weight excluding hydrogens is 188 g/mol. The molecule has 0 aliphatic heterocycles. The van der Waals surface area contributed by atoms with Crippen LogP contribution in [0.2, 0.25) is 0 Å². The van der Waals surface area contributed by atoms with E-state index in [1.807, 2.05) is 6.92 Å². The topological polar surface area (TPSA) is 73.8 Å². The van der Waals surface area contributed by atoms with Crippen LogP contribution >= 0.6 is 11.8 Å². The fourth-order valence-electron chi connectivity index (χ4n) is 0.953. The summed E-state index contributed by atoms with van der Waals surface area (Å²) in [6.45, 7) is 1.98. The number of nitrogen functional groups attached to an aromatic ring is 1. The molecule has 1 aromatic rings. The molecule has 0 aliphatic carbocycles. The van der Waals surface area contributed by atoms with Crippen molar-refractivity contribution >= 4 is 11.8 Å². The van der Waals surface area contributed by atoms with Gasteiger partial charge in [-0.15, -0.1) is 10.2 Å². The molecule has 0 saturated heterocycles. The molecule has 1 heterocycles. The normalized spacial score (nSPS) is 10.3. The lowest BCUT2D eigenvalue weighted by Crippen LogP contribution is -2.33. The van der Waals surface area contributed by atoms with E-state index in [9.17, 15) is 4.79 Å². The van der Waals surface area contributed by atoms with Crippen LogP contribution in [0.5, 0.6) is 0 Å². The number of rotatable bonds is 3. The molecule has 0 spiro atoms. The van der Waals surface area contributed by atoms with Gasteiger partial charge in [0.25, 0.3) is 5.56 Å². The highest BCUT2D eigenvalue weighted by Gasteiger charge is 2.07. The molecule has 0 aliphatic rings. The third-order valence-corrected chi connectivity index (χ3v) is 2.24. The van der Waals surface area contributed by atoms with E-state index < -0.39 is 0 Å². The summed E-state index contributed by atoms with van der Waals surface area (Å²) in [6.07, 6.45) is 3.28. The van der Waals surface area contributed by atoms with E-state index in [4.69, 9.17) is 5.84 Å². The van der Waals surface area contributed by atoms with Crippen LogP contribution in [0.4, 0.5) is 0 Å². The van der Waals surface area contributed by atoms with Gasteiger partial charge >= 0.3 is 0 Å². The summed E-state index contributed by atoms with van der Waals surface area (Å²) in [7, 11) is 0. The molecule has 2 N–H and O–H groups in total. The number of hydrogen-bond donors (Lipinski definition) is 1. The average Bonchev–Trinajstić information content (AvgIpc) is 2.14. The maximum absolute atomic E-state index is 11.5. The zero-order valence-corrected chi connectivity index (χ0v) is 8.47. The molecule has 1 rings (SSSR count). The summed E-state index contributed by atoms with van der Waals surface area (Å²) < 4.78 is 1.04. The fraction of sp³-hybridized carbons (Fsp3) is 0.571. The second kappa shape index (κ2) is 4.27. The van der Waals surface area contributed by atoms with Gasteiger partial charge in [-0.1, -0.05) is 25.1 Å². The van der Waals surface area contributed by atoms with Crippen molar-refractivity contribution in [2.45, 2.75) is 24.9 Å². The molecule has 0 fully saturated rings. The quantitative estimate of drug-likeness (QED) is 0.550. The Morgan fingerprint density at radius 3 is 2.77 bits per heavy atom. The van der Waals surface area contributed by atoms with Gasteiger partial charge in [-0.2, -0.15) is 4.68 Å². The fourth-order valence-corrected chi connectivity index (χ4v) is 1.35. The average molecular weight is 200 g/mol. The Kier molecular flexibility index (Phi) is 3.30. The van der Waals surface area contributed by atoms with Crippen molar-refractivity contribution in [1.82, 2.24) is 14.9 Å². The summed E-state index contributed by atoms with van der Waals surface area (Å²) in [5, 5.41) is 8.08. The van der Waals surface area contributed by atoms with E-state index in [1.54, 1.807) is 6.26 Å². The summed E-state index contributed by atoms with van der Waals surface area (Å²) in [5.41, 5.74) is 0.184. The van der Waals surface area contributed by atoms with Gasteiger partial charge in [0.05, 0.1) is 0 Å². The number of thioether (sulfide) groups is 1. The first-order valence-corrected chi connectivity index (χ1v) is 5.20. The molecule has 5 nitrogen and oxygen atoms in total. The Morgan fingerprint density at radius 1 is 1.54 bits per heavy atom. The van der Waals surface area contributed by atoms with E-state index in [2.05, 4.69) is 10.2 Å². The SMILES string of the molecule is CCCc1nnc(SC)n(N)c1=O. The summed E-state index contributed by atoms with van der Waals surface area (Å²) in [4.78, 5) is 11.5. The lowest BCUT2D eigenvalue weighted by molar-refractivity contribution is 0.658. The molecule has 0 amide bonds. The minimum atomic E-state index is -0.249. The van der Waals surface area contributed by atoms with E-state index in [0.29, 0.717) is 17.3 Å². The Bertz CT molecular complexity index is 349. The van der Waals surface area contributed by atoms with Gasteiger partial charge in [0, 0.05) is 0 Å². The maximum Gasteiger partial charge on any atom is 0.294 e. The van der Waals surface area contributed by atoms with E-state index in [1.165, 1.54) is 11.8 Å². The molecule has 13 heavy (non-hydrogen) atoms. The predicted molar refractivity (Wildman–Crippen MR) is 52.2 cm³/mol. The lowest BCUT2D eigenvalue weighted by Gasteiger charge is -2.03. The first kappa shape index (κ1) is 10.0. The number of aromatic nitrogens is 3. The van der Waals surface area contributed by atoms with E-state index >= 15 is 0 Å². The Morgan fingerprint density at radius 2 is 2.23 bits per heavy atom. The third kappa shape index (κ3) is 2.00. The van der Waals surface area contributed by atoms with Crippen molar-refractivity contribution in [3.05, 3.63) is 16.0 Å². The van der Waals surface area contributed by atoms with Gasteiger partial charge in [0.2, 0.25) is 5.16 Å². The Hall–Kier alpha value is -1.04. The van der Waals surface area contributed by atoms with Crippen LogP contribution in [0.3, 0.4) is 0 Å². The molecule has 0 radical (unpaired) electrons. The summed E-state index contributed by atoms with van der Waals surface area (Å²) >= 11 is 1.30. The molecule has 0 aromatic carbocycles. The van der Waals surface area contributed by atoms with Gasteiger partial charge in [0.1, 0.15) is 5.69 Å². The van der Waals surface area contributed by atoms with Crippen LogP contribution in [-0.4, -0.2) is 21.1 Å². The highest BCUT2D eigenvalue weighted by molar-refractivity contribution is 7.98. The van der Waals surface area contributed by atoms with Crippen LogP contribution in [0.1, 0.15) is 19.0 Å². The van der Waals surface area contributed by atoms with Crippen LogP contribution in [0.25, 0.3) is 0 Å². The van der Waals surface area contributed by atoms with Crippen molar-refractivity contribution < 1.29 is 0 Å². The molecule has 6 heteroatoms. The lowest BCUT2D eigenvalue weighted by atomic mass is 10.3. The molecule has 0 bridgehead atoms. The predicted octanol–water partition coefficient (Wildman–Crippen LogP) is 0.0265. The van der Waals surface area contributed by atoms with Crippen molar-refractivity contribution in [1.29, 1.82) is 0 Å². The second-order valence-electron chi connectivity index (χ2n) is 2.56. The molecule has 0 atom stereocenters. The molecular formula is C7H12N4OS. The highest BCUT2D eigenvalue weighted by atomic mass is 32.2. The van der Waals surface area contributed by atoms with Gasteiger partial charge < -0.3 is 5.84 Å². The van der Waals surface area contributed by atoms with Crippen molar-refractivity contribution in [2.24, 2.45) is 0 Å². The first-order valence-electron chi connectivity index (χ1n) is 3.98. The Labute approximate surface area is 80.3 Å².